The largest absolute Gasteiger partial charge is 0.497 e. The van der Waals surface area contributed by atoms with E-state index in [1.165, 1.54) is 11.9 Å². The number of aliphatic hydroxyl groups excluding tert-OH is 1. The smallest absolute Gasteiger partial charge is 0.328 e. The Kier molecular flexibility index (Phi) is 4.06. The summed E-state index contributed by atoms with van der Waals surface area (Å²) in [7, 11) is 2.97. The van der Waals surface area contributed by atoms with Gasteiger partial charge in [0.15, 0.2) is 6.23 Å². The zero-order valence-electron chi connectivity index (χ0n) is 13.9. The standard InChI is InChI=1S/C17H20N2O5/c1-4-19-15(21)17(14(20)18(2)16(19)22)13(9-10-24-17)11-5-7-12(23-3)8-6-11/h5-9,15,21H,4,10H2,1-3H3. The summed E-state index contributed by atoms with van der Waals surface area (Å²) in [6.45, 7) is 2.19. The first kappa shape index (κ1) is 16.5. The van der Waals surface area contributed by atoms with Crippen LogP contribution in [0.15, 0.2) is 30.3 Å². The number of methoxy groups -OCH3 is 1. The second-order valence-corrected chi connectivity index (χ2v) is 5.70. The zero-order chi connectivity index (χ0) is 17.5. The van der Waals surface area contributed by atoms with E-state index in [0.717, 1.165) is 10.5 Å². The third kappa shape index (κ3) is 2.12. The first-order chi connectivity index (χ1) is 11.5. The van der Waals surface area contributed by atoms with Crippen LogP contribution in [-0.4, -0.2) is 66.0 Å². The predicted molar refractivity (Wildman–Crippen MR) is 86.2 cm³/mol. The van der Waals surface area contributed by atoms with Gasteiger partial charge < -0.3 is 14.6 Å². The van der Waals surface area contributed by atoms with Gasteiger partial charge in [0.05, 0.1) is 13.7 Å². The highest BCUT2D eigenvalue weighted by molar-refractivity contribution is 6.10. The lowest BCUT2D eigenvalue weighted by Crippen LogP contribution is -2.70. The molecule has 2 aliphatic heterocycles. The minimum absolute atomic E-state index is 0.184. The molecular weight excluding hydrogens is 312 g/mol. The first-order valence-electron chi connectivity index (χ1n) is 7.73. The van der Waals surface area contributed by atoms with E-state index in [2.05, 4.69) is 0 Å². The number of amides is 3. The van der Waals surface area contributed by atoms with E-state index in [4.69, 9.17) is 9.47 Å². The summed E-state index contributed by atoms with van der Waals surface area (Å²) < 4.78 is 10.9. The van der Waals surface area contributed by atoms with Crippen molar-refractivity contribution in [2.75, 3.05) is 27.3 Å². The number of rotatable bonds is 3. The van der Waals surface area contributed by atoms with Gasteiger partial charge in [0, 0.05) is 19.2 Å². The van der Waals surface area contributed by atoms with Gasteiger partial charge in [-0.25, -0.2) is 4.79 Å². The Hall–Kier alpha value is -2.38. The van der Waals surface area contributed by atoms with Crippen molar-refractivity contribution in [3.8, 4) is 5.75 Å². The topological polar surface area (TPSA) is 79.3 Å². The lowest BCUT2D eigenvalue weighted by Gasteiger charge is -2.47. The zero-order valence-corrected chi connectivity index (χ0v) is 13.9. The number of carbonyl (C=O) groups excluding carboxylic acids is 2. The van der Waals surface area contributed by atoms with Crippen molar-refractivity contribution in [2.45, 2.75) is 18.8 Å². The second-order valence-electron chi connectivity index (χ2n) is 5.70. The van der Waals surface area contributed by atoms with Gasteiger partial charge in [-0.15, -0.1) is 0 Å². The minimum atomic E-state index is -1.60. The molecule has 0 radical (unpaired) electrons. The molecule has 1 spiro atoms. The third-order valence-electron chi connectivity index (χ3n) is 4.55. The fourth-order valence-corrected chi connectivity index (χ4v) is 3.25. The first-order valence-corrected chi connectivity index (χ1v) is 7.73. The molecule has 1 aromatic carbocycles. The number of ether oxygens (including phenoxy) is 2. The summed E-state index contributed by atoms with van der Waals surface area (Å²) in [5.74, 6) is 0.120. The van der Waals surface area contributed by atoms with Crippen LogP contribution in [-0.2, 0) is 9.53 Å². The molecule has 1 saturated heterocycles. The Bertz CT molecular complexity index is 699. The second kappa shape index (κ2) is 5.92. The fraction of sp³-hybridized carbons (Fsp3) is 0.412. The van der Waals surface area contributed by atoms with Gasteiger partial charge in [-0.2, -0.15) is 0 Å². The molecule has 7 heteroatoms. The minimum Gasteiger partial charge on any atom is -0.497 e. The molecule has 24 heavy (non-hydrogen) atoms. The summed E-state index contributed by atoms with van der Waals surface area (Å²) in [6.07, 6.45) is 0.384. The van der Waals surface area contributed by atoms with Crippen LogP contribution in [0.4, 0.5) is 4.79 Å². The number of urea groups is 1. The molecule has 0 saturated carbocycles. The number of likely N-dealkylation sites (N-methyl/N-ethyl adjacent to an activating group) is 2. The van der Waals surface area contributed by atoms with Crippen molar-refractivity contribution >= 4 is 17.5 Å². The van der Waals surface area contributed by atoms with Crippen LogP contribution in [0, 0.1) is 0 Å². The van der Waals surface area contributed by atoms with Crippen molar-refractivity contribution in [2.24, 2.45) is 0 Å². The van der Waals surface area contributed by atoms with E-state index >= 15 is 0 Å². The predicted octanol–water partition coefficient (Wildman–Crippen LogP) is 1.08. The van der Waals surface area contributed by atoms with Crippen LogP contribution < -0.4 is 4.74 Å². The van der Waals surface area contributed by atoms with Gasteiger partial charge in [-0.3, -0.25) is 14.6 Å². The van der Waals surface area contributed by atoms with Gasteiger partial charge in [-0.1, -0.05) is 18.2 Å². The van der Waals surface area contributed by atoms with Crippen molar-refractivity contribution < 1.29 is 24.2 Å². The molecule has 2 atom stereocenters. The normalized spacial score (nSPS) is 27.0. The summed E-state index contributed by atoms with van der Waals surface area (Å²) >= 11 is 0. The maximum Gasteiger partial charge on any atom is 0.328 e. The molecule has 0 aromatic heterocycles. The van der Waals surface area contributed by atoms with Gasteiger partial charge in [0.2, 0.25) is 5.60 Å². The maximum atomic E-state index is 12.9. The fourth-order valence-electron chi connectivity index (χ4n) is 3.25. The van der Waals surface area contributed by atoms with E-state index in [9.17, 15) is 14.7 Å². The average Bonchev–Trinajstić information content (AvgIpc) is 3.05. The molecule has 1 aromatic rings. The summed E-state index contributed by atoms with van der Waals surface area (Å²) in [5, 5.41) is 10.8. The molecule has 2 heterocycles. The molecule has 0 aliphatic carbocycles. The van der Waals surface area contributed by atoms with Crippen molar-refractivity contribution in [3.63, 3.8) is 0 Å². The van der Waals surface area contributed by atoms with E-state index in [-0.39, 0.29) is 13.2 Å². The lowest BCUT2D eigenvalue weighted by molar-refractivity contribution is -0.178. The highest BCUT2D eigenvalue weighted by Crippen LogP contribution is 2.43. The highest BCUT2D eigenvalue weighted by atomic mass is 16.5. The van der Waals surface area contributed by atoms with Crippen LogP contribution in [0.25, 0.3) is 5.57 Å². The van der Waals surface area contributed by atoms with E-state index in [1.807, 2.05) is 0 Å². The van der Waals surface area contributed by atoms with Crippen molar-refractivity contribution in [1.29, 1.82) is 0 Å². The van der Waals surface area contributed by atoms with Crippen molar-refractivity contribution in [3.05, 3.63) is 35.9 Å². The Labute approximate surface area is 140 Å². The lowest BCUT2D eigenvalue weighted by atomic mass is 9.84. The van der Waals surface area contributed by atoms with E-state index in [1.54, 1.807) is 44.4 Å². The molecule has 0 bridgehead atoms. The SMILES string of the molecule is CCN1C(=O)N(C)C(=O)C2(OCC=C2c2ccc(OC)cc2)C1O. The number of aliphatic hydroxyl groups is 1. The summed E-state index contributed by atoms with van der Waals surface area (Å²) in [4.78, 5) is 27.3. The number of hydrogen-bond donors (Lipinski definition) is 1. The molecular formula is C17H20N2O5. The van der Waals surface area contributed by atoms with E-state index < -0.39 is 23.8 Å². The number of nitrogens with zero attached hydrogens (tertiary/aromatic N) is 2. The van der Waals surface area contributed by atoms with Crippen LogP contribution in [0.5, 0.6) is 5.75 Å². The Balaban J connectivity index is 2.07. The third-order valence-corrected chi connectivity index (χ3v) is 4.55. The van der Waals surface area contributed by atoms with Gasteiger partial charge in [0.1, 0.15) is 5.75 Å². The Morgan fingerprint density at radius 1 is 1.33 bits per heavy atom. The average molecular weight is 332 g/mol. The summed E-state index contributed by atoms with van der Waals surface area (Å²) in [6, 6.07) is 6.61. The van der Waals surface area contributed by atoms with E-state index in [0.29, 0.717) is 11.3 Å². The monoisotopic (exact) mass is 332 g/mol. The number of carbonyl (C=O) groups is 2. The molecule has 1 N–H and O–H groups in total. The van der Waals surface area contributed by atoms with Gasteiger partial charge in [0.25, 0.3) is 5.91 Å². The Morgan fingerprint density at radius 3 is 2.58 bits per heavy atom. The number of imide groups is 1. The quantitative estimate of drug-likeness (QED) is 0.896. The Morgan fingerprint density at radius 2 is 2.00 bits per heavy atom. The van der Waals surface area contributed by atoms with Crippen LogP contribution >= 0.6 is 0 Å². The number of benzene rings is 1. The van der Waals surface area contributed by atoms with Crippen LogP contribution in [0.2, 0.25) is 0 Å². The molecule has 128 valence electrons. The maximum absolute atomic E-state index is 12.9. The molecule has 3 amide bonds. The summed E-state index contributed by atoms with van der Waals surface area (Å²) in [5.41, 5.74) is -0.312. The molecule has 3 rings (SSSR count). The molecule has 7 nitrogen and oxygen atoms in total. The molecule has 2 aliphatic rings. The van der Waals surface area contributed by atoms with Crippen molar-refractivity contribution in [1.82, 2.24) is 9.80 Å². The highest BCUT2D eigenvalue weighted by Gasteiger charge is 2.60. The molecule has 1 fully saturated rings. The van der Waals surface area contributed by atoms with Gasteiger partial charge >= 0.3 is 6.03 Å². The number of hydrogen-bond acceptors (Lipinski definition) is 5. The van der Waals surface area contributed by atoms with Gasteiger partial charge in [-0.05, 0) is 24.6 Å². The molecule has 2 unspecified atom stereocenters. The van der Waals surface area contributed by atoms with Crippen LogP contribution in [0.3, 0.4) is 0 Å². The van der Waals surface area contributed by atoms with Crippen LogP contribution in [0.1, 0.15) is 12.5 Å².